The molecule has 1 saturated carbocycles. The first-order valence-electron chi connectivity index (χ1n) is 11.2. The van der Waals surface area contributed by atoms with Gasteiger partial charge in [0.25, 0.3) is 0 Å². The van der Waals surface area contributed by atoms with Crippen molar-refractivity contribution in [1.29, 1.82) is 0 Å². The van der Waals surface area contributed by atoms with Gasteiger partial charge in [-0.1, -0.05) is 24.6 Å². The van der Waals surface area contributed by atoms with E-state index in [0.717, 1.165) is 48.4 Å². The van der Waals surface area contributed by atoms with Gasteiger partial charge in [0, 0.05) is 51.1 Å². The van der Waals surface area contributed by atoms with E-state index in [1.165, 1.54) is 5.56 Å². The number of rotatable bonds is 6. The molecule has 32 heavy (non-hydrogen) atoms. The summed E-state index contributed by atoms with van der Waals surface area (Å²) in [5, 5.41) is 11.2. The van der Waals surface area contributed by atoms with Gasteiger partial charge >= 0.3 is 0 Å². The van der Waals surface area contributed by atoms with Crippen molar-refractivity contribution in [3.8, 4) is 0 Å². The van der Waals surface area contributed by atoms with Gasteiger partial charge < -0.3 is 20.9 Å². The minimum Gasteiger partial charge on any atom is -0.363 e. The predicted octanol–water partition coefficient (Wildman–Crippen LogP) is 3.67. The monoisotopic (exact) mass is 552 g/mol. The third-order valence-corrected chi connectivity index (χ3v) is 5.73. The number of carbonyl (C=O) groups excluding carboxylic acids is 1. The second kappa shape index (κ2) is 12.2. The first-order chi connectivity index (χ1) is 14.9. The summed E-state index contributed by atoms with van der Waals surface area (Å²) < 4.78 is 0. The molecule has 1 amide bonds. The van der Waals surface area contributed by atoms with Crippen LogP contribution < -0.4 is 20.9 Å². The Morgan fingerprint density at radius 2 is 2.00 bits per heavy atom. The van der Waals surface area contributed by atoms with Crippen LogP contribution in [0.3, 0.4) is 0 Å². The zero-order chi connectivity index (χ0) is 22.4. The highest BCUT2D eigenvalue weighted by molar-refractivity contribution is 14.0. The Bertz CT molecular complexity index is 930. The number of anilines is 1. The molecule has 1 fully saturated rings. The largest absolute Gasteiger partial charge is 0.363 e. The summed E-state index contributed by atoms with van der Waals surface area (Å²) in [4.78, 5) is 23.6. The maximum absolute atomic E-state index is 12.4. The molecular weight excluding hydrogens is 515 g/mol. The molecular formula is C24H37IN6O. The lowest BCUT2D eigenvalue weighted by atomic mass is 9.85. The Kier molecular flexibility index (Phi) is 9.99. The van der Waals surface area contributed by atoms with E-state index in [2.05, 4.69) is 33.1 Å². The smallest absolute Gasteiger partial charge is 0.223 e. The first-order valence-corrected chi connectivity index (χ1v) is 11.2. The van der Waals surface area contributed by atoms with E-state index >= 15 is 0 Å². The molecule has 1 aromatic carbocycles. The van der Waals surface area contributed by atoms with Crippen LogP contribution in [0.2, 0.25) is 0 Å². The van der Waals surface area contributed by atoms with Crippen LogP contribution in [0, 0.1) is 5.92 Å². The summed E-state index contributed by atoms with van der Waals surface area (Å²) in [6, 6.07) is 10.8. The molecule has 0 saturated heterocycles. The quantitative estimate of drug-likeness (QED) is 0.290. The van der Waals surface area contributed by atoms with Crippen LogP contribution in [-0.2, 0) is 11.3 Å². The summed E-state index contributed by atoms with van der Waals surface area (Å²) in [7, 11) is 5.80. The number of aliphatic imine (C=N–C) groups is 1. The number of pyridine rings is 1. The molecule has 2 aromatic rings. The normalized spacial score (nSPS) is 18.8. The van der Waals surface area contributed by atoms with Crippen molar-refractivity contribution in [2.75, 3.05) is 26.0 Å². The number of benzene rings is 1. The third kappa shape index (κ3) is 6.95. The molecule has 2 atom stereocenters. The van der Waals surface area contributed by atoms with E-state index in [4.69, 9.17) is 4.98 Å². The highest BCUT2D eigenvalue weighted by atomic mass is 127. The third-order valence-electron chi connectivity index (χ3n) is 5.73. The van der Waals surface area contributed by atoms with Crippen molar-refractivity contribution in [3.05, 3.63) is 35.9 Å². The van der Waals surface area contributed by atoms with Gasteiger partial charge in [-0.3, -0.25) is 9.79 Å². The van der Waals surface area contributed by atoms with Crippen LogP contribution in [-0.4, -0.2) is 50.1 Å². The molecule has 7 nitrogen and oxygen atoms in total. The molecule has 2 unspecified atom stereocenters. The van der Waals surface area contributed by atoms with Gasteiger partial charge in [-0.15, -0.1) is 24.0 Å². The van der Waals surface area contributed by atoms with Crippen molar-refractivity contribution < 1.29 is 4.79 Å². The van der Waals surface area contributed by atoms with E-state index in [9.17, 15) is 4.79 Å². The number of amides is 1. The van der Waals surface area contributed by atoms with Crippen molar-refractivity contribution in [3.63, 3.8) is 0 Å². The number of nitrogens with zero attached hydrogens (tertiary/aromatic N) is 3. The Balaban J connectivity index is 0.00000363. The van der Waals surface area contributed by atoms with Crippen LogP contribution in [0.4, 0.5) is 5.82 Å². The summed E-state index contributed by atoms with van der Waals surface area (Å²) in [5.74, 6) is 1.94. The molecule has 1 aliphatic rings. The van der Waals surface area contributed by atoms with E-state index in [1.807, 2.05) is 51.0 Å². The minimum absolute atomic E-state index is 0. The molecule has 1 aromatic heterocycles. The van der Waals surface area contributed by atoms with E-state index < -0.39 is 0 Å². The molecule has 8 heteroatoms. The van der Waals surface area contributed by atoms with Crippen LogP contribution >= 0.6 is 24.0 Å². The van der Waals surface area contributed by atoms with Crippen LogP contribution in [0.5, 0.6) is 0 Å². The zero-order valence-corrected chi connectivity index (χ0v) is 22.1. The van der Waals surface area contributed by atoms with E-state index in [-0.39, 0.29) is 47.9 Å². The van der Waals surface area contributed by atoms with E-state index in [1.54, 1.807) is 7.05 Å². The van der Waals surface area contributed by atoms with Crippen LogP contribution in [0.15, 0.2) is 35.3 Å². The number of para-hydroxylation sites is 1. The number of nitrogens with one attached hydrogen (secondary N) is 3. The average Bonchev–Trinajstić information content (AvgIpc) is 2.75. The van der Waals surface area contributed by atoms with Gasteiger partial charge in [-0.05, 0) is 50.8 Å². The molecule has 0 spiro atoms. The van der Waals surface area contributed by atoms with Crippen molar-refractivity contribution >= 4 is 52.6 Å². The molecule has 1 heterocycles. The number of guanidine groups is 1. The van der Waals surface area contributed by atoms with Crippen molar-refractivity contribution in [2.45, 2.75) is 58.2 Å². The van der Waals surface area contributed by atoms with Crippen molar-refractivity contribution in [2.24, 2.45) is 10.9 Å². The summed E-state index contributed by atoms with van der Waals surface area (Å²) in [5.41, 5.74) is 2.16. The molecule has 0 bridgehead atoms. The highest BCUT2D eigenvalue weighted by Crippen LogP contribution is 2.25. The lowest BCUT2D eigenvalue weighted by Gasteiger charge is -2.30. The van der Waals surface area contributed by atoms with E-state index in [0.29, 0.717) is 6.54 Å². The lowest BCUT2D eigenvalue weighted by molar-refractivity contribution is -0.126. The van der Waals surface area contributed by atoms with Gasteiger partial charge in [-0.25, -0.2) is 4.98 Å². The average molecular weight is 553 g/mol. The SMILES string of the molecule is CN=C(NCc1cc(N(C)C)nc2ccccc12)NC1CCCC(C(=O)NC(C)C)C1.I. The Hall–Kier alpha value is -2.10. The summed E-state index contributed by atoms with van der Waals surface area (Å²) in [6.45, 7) is 4.66. The van der Waals surface area contributed by atoms with Crippen LogP contribution in [0.1, 0.15) is 45.1 Å². The fourth-order valence-electron chi connectivity index (χ4n) is 4.14. The first kappa shape index (κ1) is 26.2. The maximum Gasteiger partial charge on any atom is 0.223 e. The molecule has 0 aliphatic heterocycles. The maximum atomic E-state index is 12.4. The molecule has 176 valence electrons. The van der Waals surface area contributed by atoms with Crippen LogP contribution in [0.25, 0.3) is 10.9 Å². The second-order valence-corrected chi connectivity index (χ2v) is 8.85. The Morgan fingerprint density at radius 3 is 2.69 bits per heavy atom. The van der Waals surface area contributed by atoms with Gasteiger partial charge in [-0.2, -0.15) is 0 Å². The summed E-state index contributed by atoms with van der Waals surface area (Å²) >= 11 is 0. The Labute approximate surface area is 208 Å². The van der Waals surface area contributed by atoms with Gasteiger partial charge in [0.15, 0.2) is 5.96 Å². The van der Waals surface area contributed by atoms with Crippen molar-refractivity contribution in [1.82, 2.24) is 20.9 Å². The molecule has 3 rings (SSSR count). The molecule has 3 N–H and O–H groups in total. The number of hydrogen-bond donors (Lipinski definition) is 3. The zero-order valence-electron chi connectivity index (χ0n) is 19.8. The number of fused-ring (bicyclic) bond motifs is 1. The number of hydrogen-bond acceptors (Lipinski definition) is 4. The standard InChI is InChI=1S/C24H36N6O.HI/c1-16(2)27-23(31)17-9-8-10-19(13-17)28-24(25-3)26-15-18-14-22(30(4)5)29-21-12-7-6-11-20(18)21;/h6-7,11-12,14,16-17,19H,8-10,13,15H2,1-5H3,(H,27,31)(H2,25,26,28);1H. The molecule has 0 radical (unpaired) electrons. The van der Waals surface area contributed by atoms with Gasteiger partial charge in [0.2, 0.25) is 5.91 Å². The number of halogens is 1. The molecule has 1 aliphatic carbocycles. The number of carbonyl (C=O) groups is 1. The Morgan fingerprint density at radius 1 is 1.25 bits per heavy atom. The lowest BCUT2D eigenvalue weighted by Crippen LogP contribution is -2.47. The number of aromatic nitrogens is 1. The van der Waals surface area contributed by atoms with Gasteiger partial charge in [0.1, 0.15) is 5.82 Å². The second-order valence-electron chi connectivity index (χ2n) is 8.85. The highest BCUT2D eigenvalue weighted by Gasteiger charge is 2.28. The summed E-state index contributed by atoms with van der Waals surface area (Å²) in [6.07, 6.45) is 3.89. The fraction of sp³-hybridized carbons (Fsp3) is 0.542. The predicted molar refractivity (Wildman–Crippen MR) is 144 cm³/mol. The fourth-order valence-corrected chi connectivity index (χ4v) is 4.14. The van der Waals surface area contributed by atoms with Gasteiger partial charge in [0.05, 0.1) is 5.52 Å². The topological polar surface area (TPSA) is 81.7 Å². The minimum atomic E-state index is 0.